The summed E-state index contributed by atoms with van der Waals surface area (Å²) in [4.78, 5) is 11.6. The third-order valence-electron chi connectivity index (χ3n) is 2.33. The molecule has 0 aliphatic rings. The maximum absolute atomic E-state index is 13.2. The van der Waals surface area contributed by atoms with Crippen molar-refractivity contribution in [2.45, 2.75) is 26.2 Å². The molecule has 94 valence electrons. The van der Waals surface area contributed by atoms with Gasteiger partial charge in [0.1, 0.15) is 5.82 Å². The molecule has 0 fully saturated rings. The highest BCUT2D eigenvalue weighted by Gasteiger charge is 2.08. The quantitative estimate of drug-likeness (QED) is 0.607. The van der Waals surface area contributed by atoms with Crippen LogP contribution in [0, 0.1) is 12.7 Å². The van der Waals surface area contributed by atoms with Gasteiger partial charge in [0.15, 0.2) is 0 Å². The highest BCUT2D eigenvalue weighted by molar-refractivity contribution is 9.10. The number of hydrogen-bond donors (Lipinski definition) is 1. The Morgan fingerprint density at radius 3 is 2.76 bits per heavy atom. The second kappa shape index (κ2) is 7.11. The minimum Gasteiger partial charge on any atom is -0.326 e. The van der Waals surface area contributed by atoms with E-state index in [1.54, 1.807) is 13.0 Å². The summed E-state index contributed by atoms with van der Waals surface area (Å²) in [6.07, 6.45) is 2.30. The fraction of sp³-hybridized carbons (Fsp3) is 0.417. The summed E-state index contributed by atoms with van der Waals surface area (Å²) in [6, 6.07) is 2.99. The number of carbonyl (C=O) groups is 1. The van der Waals surface area contributed by atoms with Crippen molar-refractivity contribution in [1.29, 1.82) is 0 Å². The predicted molar refractivity (Wildman–Crippen MR) is 75.1 cm³/mol. The minimum absolute atomic E-state index is 0.0347. The number of carbonyl (C=O) groups excluding carboxylic acids is 1. The van der Waals surface area contributed by atoms with Gasteiger partial charge >= 0.3 is 0 Å². The summed E-state index contributed by atoms with van der Waals surface area (Å²) >= 11 is 6.42. The van der Waals surface area contributed by atoms with Gasteiger partial charge in [-0.3, -0.25) is 4.79 Å². The van der Waals surface area contributed by atoms with Crippen LogP contribution in [0.3, 0.4) is 0 Å². The van der Waals surface area contributed by atoms with Gasteiger partial charge in [-0.1, -0.05) is 15.9 Å². The minimum atomic E-state index is -0.320. The Bertz CT molecular complexity index is 410. The zero-order valence-electron chi connectivity index (χ0n) is 9.53. The monoisotopic (exact) mass is 365 g/mol. The zero-order chi connectivity index (χ0) is 12.8. The van der Waals surface area contributed by atoms with Gasteiger partial charge in [0.2, 0.25) is 5.91 Å². The first kappa shape index (κ1) is 14.6. The van der Waals surface area contributed by atoms with E-state index in [9.17, 15) is 9.18 Å². The van der Waals surface area contributed by atoms with Crippen molar-refractivity contribution in [2.24, 2.45) is 0 Å². The van der Waals surface area contributed by atoms with Crippen LogP contribution in [-0.4, -0.2) is 11.2 Å². The Kier molecular flexibility index (Phi) is 6.12. The van der Waals surface area contributed by atoms with E-state index in [-0.39, 0.29) is 11.7 Å². The number of amides is 1. The molecule has 1 aromatic rings. The lowest BCUT2D eigenvalue weighted by Crippen LogP contribution is -2.12. The molecule has 1 N–H and O–H groups in total. The largest absolute Gasteiger partial charge is 0.326 e. The molecule has 0 radical (unpaired) electrons. The number of rotatable bonds is 5. The van der Waals surface area contributed by atoms with Gasteiger partial charge in [-0.25, -0.2) is 4.39 Å². The molecule has 0 saturated carbocycles. The first-order chi connectivity index (χ1) is 8.04. The molecule has 17 heavy (non-hydrogen) atoms. The van der Waals surface area contributed by atoms with E-state index in [2.05, 4.69) is 37.2 Å². The fourth-order valence-electron chi connectivity index (χ4n) is 1.37. The molecule has 0 atom stereocenters. The number of aryl methyl sites for hydroxylation is 1. The maximum Gasteiger partial charge on any atom is 0.224 e. The summed E-state index contributed by atoms with van der Waals surface area (Å²) < 4.78 is 13.5. The second-order valence-corrected chi connectivity index (χ2v) is 5.42. The van der Waals surface area contributed by atoms with Gasteiger partial charge in [-0.15, -0.1) is 0 Å². The van der Waals surface area contributed by atoms with Crippen molar-refractivity contribution < 1.29 is 9.18 Å². The number of alkyl halides is 1. The maximum atomic E-state index is 13.2. The van der Waals surface area contributed by atoms with Crippen LogP contribution in [-0.2, 0) is 4.79 Å². The number of unbranched alkanes of at least 4 members (excludes halogenated alkanes) is 1. The Balaban J connectivity index is 2.62. The molecule has 0 aliphatic carbocycles. The molecule has 0 spiro atoms. The van der Waals surface area contributed by atoms with E-state index in [1.165, 1.54) is 6.07 Å². The summed E-state index contributed by atoms with van der Waals surface area (Å²) in [7, 11) is 0. The molecule has 2 nitrogen and oxygen atoms in total. The molecule has 0 heterocycles. The summed E-state index contributed by atoms with van der Waals surface area (Å²) in [5, 5.41) is 3.69. The average molecular weight is 367 g/mol. The molecular formula is C12H14Br2FNO. The highest BCUT2D eigenvalue weighted by atomic mass is 79.9. The van der Waals surface area contributed by atoms with Crippen LogP contribution < -0.4 is 5.32 Å². The van der Waals surface area contributed by atoms with Crippen molar-refractivity contribution in [3.8, 4) is 0 Å². The van der Waals surface area contributed by atoms with Gasteiger partial charge in [0.25, 0.3) is 0 Å². The molecule has 0 saturated heterocycles. The molecule has 1 rings (SSSR count). The van der Waals surface area contributed by atoms with Crippen molar-refractivity contribution in [1.82, 2.24) is 0 Å². The van der Waals surface area contributed by atoms with E-state index in [0.717, 1.165) is 23.7 Å². The Morgan fingerprint density at radius 2 is 2.12 bits per heavy atom. The van der Waals surface area contributed by atoms with E-state index < -0.39 is 0 Å². The normalized spacial score (nSPS) is 10.4. The molecule has 0 bridgehead atoms. The lowest BCUT2D eigenvalue weighted by atomic mass is 10.2. The molecular weight excluding hydrogens is 353 g/mol. The van der Waals surface area contributed by atoms with Gasteiger partial charge in [-0.2, -0.15) is 0 Å². The standard InChI is InChI=1S/C12H14Br2FNO/c1-8-6-10(15)9(14)7-11(8)16-12(17)4-2-3-5-13/h6-7H,2-5H2,1H3,(H,16,17). The van der Waals surface area contributed by atoms with Crippen LogP contribution in [0.5, 0.6) is 0 Å². The molecule has 1 aromatic carbocycles. The third kappa shape index (κ3) is 4.76. The average Bonchev–Trinajstić information content (AvgIpc) is 2.26. The van der Waals surface area contributed by atoms with Crippen LogP contribution in [0.4, 0.5) is 10.1 Å². The number of benzene rings is 1. The smallest absolute Gasteiger partial charge is 0.224 e. The number of nitrogens with one attached hydrogen (secondary N) is 1. The Morgan fingerprint density at radius 1 is 1.41 bits per heavy atom. The Labute approximate surface area is 117 Å². The summed E-state index contributed by atoms with van der Waals surface area (Å²) in [5.74, 6) is -0.354. The van der Waals surface area contributed by atoms with E-state index in [4.69, 9.17) is 0 Å². The van der Waals surface area contributed by atoms with E-state index in [0.29, 0.717) is 16.6 Å². The fourth-order valence-corrected chi connectivity index (χ4v) is 2.11. The topological polar surface area (TPSA) is 29.1 Å². The van der Waals surface area contributed by atoms with E-state index in [1.807, 2.05) is 0 Å². The van der Waals surface area contributed by atoms with Crippen LogP contribution in [0.25, 0.3) is 0 Å². The van der Waals surface area contributed by atoms with Crippen LogP contribution in [0.15, 0.2) is 16.6 Å². The first-order valence-electron chi connectivity index (χ1n) is 5.36. The molecule has 5 heteroatoms. The first-order valence-corrected chi connectivity index (χ1v) is 7.27. The Hall–Kier alpha value is -0.420. The third-order valence-corrected chi connectivity index (χ3v) is 3.50. The highest BCUT2D eigenvalue weighted by Crippen LogP contribution is 2.24. The summed E-state index contributed by atoms with van der Waals surface area (Å²) in [6.45, 7) is 1.77. The SMILES string of the molecule is Cc1cc(F)c(Br)cc1NC(=O)CCCCBr. The van der Waals surface area contributed by atoms with Gasteiger partial charge in [0, 0.05) is 17.4 Å². The molecule has 1 amide bonds. The lowest BCUT2D eigenvalue weighted by molar-refractivity contribution is -0.116. The molecule has 0 aliphatic heterocycles. The number of hydrogen-bond acceptors (Lipinski definition) is 1. The van der Waals surface area contributed by atoms with Crippen molar-refractivity contribution in [2.75, 3.05) is 10.6 Å². The van der Waals surface area contributed by atoms with Gasteiger partial charge in [0.05, 0.1) is 4.47 Å². The van der Waals surface area contributed by atoms with Gasteiger partial charge < -0.3 is 5.32 Å². The van der Waals surface area contributed by atoms with Crippen molar-refractivity contribution >= 4 is 43.5 Å². The van der Waals surface area contributed by atoms with E-state index >= 15 is 0 Å². The zero-order valence-corrected chi connectivity index (χ0v) is 12.7. The lowest BCUT2D eigenvalue weighted by Gasteiger charge is -2.09. The number of halogens is 3. The van der Waals surface area contributed by atoms with Crippen LogP contribution in [0.2, 0.25) is 0 Å². The molecule has 0 aromatic heterocycles. The summed E-state index contributed by atoms with van der Waals surface area (Å²) in [5.41, 5.74) is 1.38. The van der Waals surface area contributed by atoms with Crippen molar-refractivity contribution in [3.63, 3.8) is 0 Å². The van der Waals surface area contributed by atoms with Crippen LogP contribution in [0.1, 0.15) is 24.8 Å². The predicted octanol–water partition coefficient (Wildman–Crippen LogP) is 4.40. The van der Waals surface area contributed by atoms with Crippen molar-refractivity contribution in [3.05, 3.63) is 28.0 Å². The van der Waals surface area contributed by atoms with Gasteiger partial charge in [-0.05, 0) is 53.4 Å². The van der Waals surface area contributed by atoms with Crippen LogP contribution >= 0.6 is 31.9 Å². The number of anilines is 1. The molecule has 0 unspecified atom stereocenters. The second-order valence-electron chi connectivity index (χ2n) is 3.78.